The van der Waals surface area contributed by atoms with Crippen molar-refractivity contribution in [3.05, 3.63) is 64.9 Å². The van der Waals surface area contributed by atoms with Crippen molar-refractivity contribution in [1.29, 1.82) is 0 Å². The highest BCUT2D eigenvalue weighted by Gasteiger charge is 2.06. The maximum Gasteiger partial charge on any atom is 0.255 e. The molecule has 0 atom stereocenters. The minimum Gasteiger partial charge on any atom is -0.322 e. The molecule has 0 fully saturated rings. The van der Waals surface area contributed by atoms with Crippen molar-refractivity contribution >= 4 is 27.5 Å². The number of carbonyl (C=O) groups is 1. The van der Waals surface area contributed by atoms with E-state index in [-0.39, 0.29) is 5.91 Å². The van der Waals surface area contributed by atoms with Crippen LogP contribution in [0.25, 0.3) is 5.69 Å². The summed E-state index contributed by atoms with van der Waals surface area (Å²) in [5.41, 5.74) is 2.12. The van der Waals surface area contributed by atoms with E-state index in [9.17, 15) is 4.79 Å². The summed E-state index contributed by atoms with van der Waals surface area (Å²) in [5.74, 6) is -0.161. The molecule has 0 radical (unpaired) electrons. The molecule has 7 heteroatoms. The van der Waals surface area contributed by atoms with Gasteiger partial charge >= 0.3 is 0 Å². The second kappa shape index (κ2) is 5.84. The molecule has 1 N–H and O–H groups in total. The lowest BCUT2D eigenvalue weighted by atomic mass is 10.2. The van der Waals surface area contributed by atoms with Crippen molar-refractivity contribution in [3.8, 4) is 5.69 Å². The maximum atomic E-state index is 12.1. The number of nitrogens with zero attached hydrogens (tertiary/aromatic N) is 4. The number of nitrogens with one attached hydrogen (secondary N) is 1. The molecule has 6 nitrogen and oxygen atoms in total. The summed E-state index contributed by atoms with van der Waals surface area (Å²) in [6.07, 6.45) is 1.51. The molecule has 1 amide bonds. The molecule has 2 aromatic carbocycles. The first-order valence-electron chi connectivity index (χ1n) is 6.13. The van der Waals surface area contributed by atoms with Crippen LogP contribution >= 0.6 is 15.9 Å². The van der Waals surface area contributed by atoms with Gasteiger partial charge in [0.25, 0.3) is 5.91 Å². The highest BCUT2D eigenvalue weighted by atomic mass is 79.9. The van der Waals surface area contributed by atoms with Crippen LogP contribution in [0.15, 0.2) is 59.3 Å². The van der Waals surface area contributed by atoms with E-state index in [1.165, 1.54) is 6.33 Å². The summed E-state index contributed by atoms with van der Waals surface area (Å²) < 4.78 is 2.41. The van der Waals surface area contributed by atoms with Gasteiger partial charge in [-0.15, -0.1) is 5.10 Å². The van der Waals surface area contributed by atoms with Gasteiger partial charge in [0.1, 0.15) is 6.33 Å². The fraction of sp³-hybridized carbons (Fsp3) is 0. The molecule has 0 bridgehead atoms. The first-order chi connectivity index (χ1) is 10.2. The van der Waals surface area contributed by atoms with Crippen LogP contribution in [0.5, 0.6) is 0 Å². The second-order valence-corrected chi connectivity index (χ2v) is 5.18. The summed E-state index contributed by atoms with van der Waals surface area (Å²) in [6.45, 7) is 0. The molecule has 1 heterocycles. The number of tetrazole rings is 1. The van der Waals surface area contributed by atoms with E-state index in [0.29, 0.717) is 11.3 Å². The van der Waals surface area contributed by atoms with Gasteiger partial charge < -0.3 is 5.32 Å². The minimum absolute atomic E-state index is 0.161. The molecule has 3 aromatic rings. The largest absolute Gasteiger partial charge is 0.322 e. The Labute approximate surface area is 128 Å². The first-order valence-corrected chi connectivity index (χ1v) is 6.92. The number of carbonyl (C=O) groups excluding carboxylic acids is 1. The third-order valence-corrected chi connectivity index (χ3v) is 3.32. The smallest absolute Gasteiger partial charge is 0.255 e. The Morgan fingerprint density at radius 1 is 1.14 bits per heavy atom. The molecule has 0 saturated heterocycles. The van der Waals surface area contributed by atoms with Crippen molar-refractivity contribution in [3.63, 3.8) is 0 Å². The highest BCUT2D eigenvalue weighted by Crippen LogP contribution is 2.15. The fourth-order valence-corrected chi connectivity index (χ4v) is 2.21. The van der Waals surface area contributed by atoms with Crippen LogP contribution in [0.2, 0.25) is 0 Å². The van der Waals surface area contributed by atoms with Gasteiger partial charge in [-0.25, -0.2) is 4.68 Å². The first kappa shape index (κ1) is 13.4. The number of amides is 1. The Balaban J connectivity index is 1.75. The number of rotatable bonds is 3. The number of anilines is 1. The fourth-order valence-electron chi connectivity index (χ4n) is 1.81. The number of hydrogen-bond acceptors (Lipinski definition) is 4. The van der Waals surface area contributed by atoms with Crippen molar-refractivity contribution in [1.82, 2.24) is 20.2 Å². The summed E-state index contributed by atoms with van der Waals surface area (Å²) in [5, 5.41) is 13.8. The van der Waals surface area contributed by atoms with E-state index in [2.05, 4.69) is 36.8 Å². The van der Waals surface area contributed by atoms with Gasteiger partial charge in [0, 0.05) is 15.7 Å². The Morgan fingerprint density at radius 2 is 1.95 bits per heavy atom. The molecule has 1 aromatic heterocycles. The lowest BCUT2D eigenvalue weighted by molar-refractivity contribution is 0.102. The molecule has 0 unspecified atom stereocenters. The third-order valence-electron chi connectivity index (χ3n) is 2.83. The molecule has 0 aliphatic carbocycles. The standard InChI is InChI=1S/C14H10BrN5O/c15-11-3-1-2-10(8-11)14(21)17-12-4-6-13(7-5-12)20-9-16-18-19-20/h1-9H,(H,17,21). The maximum absolute atomic E-state index is 12.1. The van der Waals surface area contributed by atoms with Crippen LogP contribution in [0.4, 0.5) is 5.69 Å². The van der Waals surface area contributed by atoms with E-state index in [4.69, 9.17) is 0 Å². The molecule has 104 valence electrons. The van der Waals surface area contributed by atoms with E-state index in [0.717, 1.165) is 10.2 Å². The monoisotopic (exact) mass is 343 g/mol. The van der Waals surface area contributed by atoms with Crippen LogP contribution < -0.4 is 5.32 Å². The van der Waals surface area contributed by atoms with Crippen LogP contribution in [-0.2, 0) is 0 Å². The van der Waals surface area contributed by atoms with Gasteiger partial charge in [0.05, 0.1) is 5.69 Å². The zero-order chi connectivity index (χ0) is 14.7. The zero-order valence-electron chi connectivity index (χ0n) is 10.8. The van der Waals surface area contributed by atoms with E-state index >= 15 is 0 Å². The normalized spacial score (nSPS) is 10.3. The molecule has 0 saturated carbocycles. The Bertz CT molecular complexity index is 755. The lowest BCUT2D eigenvalue weighted by Gasteiger charge is -2.06. The van der Waals surface area contributed by atoms with Gasteiger partial charge in [0.15, 0.2) is 0 Å². The molecule has 0 aliphatic rings. The molecular weight excluding hydrogens is 334 g/mol. The Hall–Kier alpha value is -2.54. The van der Waals surface area contributed by atoms with Gasteiger partial charge in [-0.3, -0.25) is 4.79 Å². The average Bonchev–Trinajstić information content (AvgIpc) is 3.02. The van der Waals surface area contributed by atoms with Crippen molar-refractivity contribution in [2.75, 3.05) is 5.32 Å². The van der Waals surface area contributed by atoms with Gasteiger partial charge in [-0.2, -0.15) is 0 Å². The van der Waals surface area contributed by atoms with Crippen molar-refractivity contribution in [2.45, 2.75) is 0 Å². The summed E-state index contributed by atoms with van der Waals surface area (Å²) in [7, 11) is 0. The van der Waals surface area contributed by atoms with Crippen LogP contribution in [0, 0.1) is 0 Å². The van der Waals surface area contributed by atoms with Gasteiger partial charge in [-0.1, -0.05) is 22.0 Å². The summed E-state index contributed by atoms with van der Waals surface area (Å²) >= 11 is 3.35. The topological polar surface area (TPSA) is 72.7 Å². The molecule has 0 spiro atoms. The van der Waals surface area contributed by atoms with E-state index in [1.54, 1.807) is 28.9 Å². The van der Waals surface area contributed by atoms with Crippen LogP contribution in [0.3, 0.4) is 0 Å². The highest BCUT2D eigenvalue weighted by molar-refractivity contribution is 9.10. The van der Waals surface area contributed by atoms with E-state index < -0.39 is 0 Å². The van der Waals surface area contributed by atoms with Gasteiger partial charge in [-0.05, 0) is 52.9 Å². The summed E-state index contributed by atoms with van der Waals surface area (Å²) in [4.78, 5) is 12.1. The van der Waals surface area contributed by atoms with Gasteiger partial charge in [0.2, 0.25) is 0 Å². The predicted molar refractivity (Wildman–Crippen MR) is 81.2 cm³/mol. The zero-order valence-corrected chi connectivity index (χ0v) is 12.4. The predicted octanol–water partition coefficient (Wildman–Crippen LogP) is 2.68. The van der Waals surface area contributed by atoms with Crippen LogP contribution in [0.1, 0.15) is 10.4 Å². The molecule has 3 rings (SSSR count). The van der Waals surface area contributed by atoms with Crippen LogP contribution in [-0.4, -0.2) is 26.1 Å². The van der Waals surface area contributed by atoms with Crippen molar-refractivity contribution in [2.24, 2.45) is 0 Å². The molecular formula is C14H10BrN5O. The SMILES string of the molecule is O=C(Nc1ccc(-n2cnnn2)cc1)c1cccc(Br)c1. The number of benzene rings is 2. The third kappa shape index (κ3) is 3.14. The molecule has 21 heavy (non-hydrogen) atoms. The second-order valence-electron chi connectivity index (χ2n) is 4.27. The lowest BCUT2D eigenvalue weighted by Crippen LogP contribution is -2.11. The average molecular weight is 344 g/mol. The molecule has 0 aliphatic heterocycles. The quantitative estimate of drug-likeness (QED) is 0.793. The number of hydrogen-bond donors (Lipinski definition) is 1. The summed E-state index contributed by atoms with van der Waals surface area (Å²) in [6, 6.07) is 14.5. The minimum atomic E-state index is -0.161. The van der Waals surface area contributed by atoms with Crippen molar-refractivity contribution < 1.29 is 4.79 Å². The number of halogens is 1. The number of aromatic nitrogens is 4. The Kier molecular flexibility index (Phi) is 3.74. The van der Waals surface area contributed by atoms with E-state index in [1.807, 2.05) is 24.3 Å². The Morgan fingerprint density at radius 3 is 2.62 bits per heavy atom.